The number of carbonyl (C=O) groups excluding carboxylic acids is 2. The molecule has 0 amide bonds. The molecule has 37 heavy (non-hydrogen) atoms. The second kappa shape index (κ2) is 12.1. The number of aliphatic hydroxyl groups excluding tert-OH is 2. The average Bonchev–Trinajstić information content (AvgIpc) is 3.27. The average molecular weight is 536 g/mol. The van der Waals surface area contributed by atoms with Crippen molar-refractivity contribution in [2.45, 2.75) is 123 Å². The summed E-state index contributed by atoms with van der Waals surface area (Å²) in [6, 6.07) is 0. The van der Waals surface area contributed by atoms with E-state index in [0.29, 0.717) is 12.8 Å². The number of aromatic nitrogens is 1. The Bertz CT molecular complexity index is 987. The summed E-state index contributed by atoms with van der Waals surface area (Å²) in [6.45, 7) is 13.2. The summed E-state index contributed by atoms with van der Waals surface area (Å²) in [4.78, 5) is 31.2. The minimum Gasteiger partial charge on any atom is -0.458 e. The van der Waals surface area contributed by atoms with E-state index < -0.39 is 35.6 Å². The first-order valence-electron chi connectivity index (χ1n) is 13.7. The van der Waals surface area contributed by atoms with Crippen molar-refractivity contribution in [3.63, 3.8) is 0 Å². The van der Waals surface area contributed by atoms with Crippen molar-refractivity contribution >= 4 is 29.2 Å². The minimum atomic E-state index is -1.23. The van der Waals surface area contributed by atoms with Gasteiger partial charge in [-0.3, -0.25) is 9.59 Å². The molecular formula is C29H45NO6S. The number of hydrogen-bond donors (Lipinski definition) is 2. The van der Waals surface area contributed by atoms with Crippen LogP contribution in [0, 0.1) is 24.2 Å². The lowest BCUT2D eigenvalue weighted by molar-refractivity contribution is -0.154. The fourth-order valence-electron chi connectivity index (χ4n) is 5.47. The lowest BCUT2D eigenvalue weighted by Crippen LogP contribution is -2.46. The highest BCUT2D eigenvalue weighted by Crippen LogP contribution is 2.45. The molecular weight excluding hydrogens is 490 g/mol. The Hall–Kier alpha value is -1.61. The van der Waals surface area contributed by atoms with Crippen LogP contribution in [-0.4, -0.2) is 57.0 Å². The standard InChI is InChI=1S/C29H45NO6S/c1-8-10-21-26(33)17(2)11-9-12-29(7)24(36-29)14-22(18(3)13-20-16-37-19(4)30-20)35-25(32)15-23(31)28(5,6)27(21)34/h13,16-17,21-24,26,31,33H,8-12,14-15H2,1-7H3/t17-,21+,22-,23-,24?,26+,29?/m0/s1. The van der Waals surface area contributed by atoms with E-state index in [0.717, 1.165) is 42.0 Å². The first-order valence-corrected chi connectivity index (χ1v) is 14.5. The van der Waals surface area contributed by atoms with Crippen LogP contribution < -0.4 is 0 Å². The van der Waals surface area contributed by atoms with Crippen LogP contribution in [0.25, 0.3) is 6.08 Å². The molecule has 7 nitrogen and oxygen atoms in total. The van der Waals surface area contributed by atoms with Gasteiger partial charge in [0.05, 0.1) is 46.5 Å². The molecule has 3 heterocycles. The Morgan fingerprint density at radius 2 is 1.97 bits per heavy atom. The number of ether oxygens (including phenoxy) is 2. The van der Waals surface area contributed by atoms with Crippen molar-refractivity contribution in [2.75, 3.05) is 0 Å². The number of hydrogen-bond acceptors (Lipinski definition) is 8. The van der Waals surface area contributed by atoms with E-state index in [1.807, 2.05) is 39.2 Å². The quantitative estimate of drug-likeness (QED) is 0.400. The van der Waals surface area contributed by atoms with Crippen molar-refractivity contribution in [3.05, 3.63) is 21.7 Å². The van der Waals surface area contributed by atoms with E-state index in [1.165, 1.54) is 0 Å². The SMILES string of the molecule is CCC[C@H]1C(=O)C(C)(C)[C@@H](O)CC(=O)O[C@H](C(C)=Cc2csc(C)n2)CC2OC2(C)CCC[C@H](C)[C@H]1O. The zero-order valence-corrected chi connectivity index (χ0v) is 24.3. The number of nitrogens with zero attached hydrogens (tertiary/aromatic N) is 1. The lowest BCUT2D eigenvalue weighted by atomic mass is 9.71. The smallest absolute Gasteiger partial charge is 0.309 e. The van der Waals surface area contributed by atoms with Crippen molar-refractivity contribution in [2.24, 2.45) is 17.3 Å². The molecule has 8 heteroatoms. The zero-order valence-electron chi connectivity index (χ0n) is 23.5. The highest BCUT2D eigenvalue weighted by atomic mass is 32.1. The molecule has 2 fully saturated rings. The van der Waals surface area contributed by atoms with Crippen LogP contribution in [0.2, 0.25) is 0 Å². The Morgan fingerprint density at radius 3 is 2.59 bits per heavy atom. The molecule has 2 N–H and O–H groups in total. The molecule has 3 rings (SSSR count). The second-order valence-corrected chi connectivity index (χ2v) is 12.9. The van der Waals surface area contributed by atoms with Gasteiger partial charge in [-0.1, -0.05) is 40.5 Å². The first-order chi connectivity index (χ1) is 17.3. The molecule has 0 spiro atoms. The predicted molar refractivity (Wildman–Crippen MR) is 145 cm³/mol. The van der Waals surface area contributed by atoms with Crippen LogP contribution in [0.5, 0.6) is 0 Å². The Kier molecular flexibility index (Phi) is 9.76. The number of Topliss-reactive ketones (excluding diaryl/α,β-unsaturated/α-hetero) is 1. The van der Waals surface area contributed by atoms with E-state index in [4.69, 9.17) is 9.47 Å². The molecule has 0 aliphatic carbocycles. The van der Waals surface area contributed by atoms with Gasteiger partial charge in [-0.25, -0.2) is 4.98 Å². The van der Waals surface area contributed by atoms with Gasteiger partial charge in [0.25, 0.3) is 0 Å². The van der Waals surface area contributed by atoms with E-state index in [9.17, 15) is 19.8 Å². The molecule has 2 aliphatic rings. The summed E-state index contributed by atoms with van der Waals surface area (Å²) in [7, 11) is 0. The third kappa shape index (κ3) is 7.28. The van der Waals surface area contributed by atoms with Crippen LogP contribution in [0.4, 0.5) is 0 Å². The van der Waals surface area contributed by atoms with Gasteiger partial charge >= 0.3 is 5.97 Å². The Morgan fingerprint density at radius 1 is 1.27 bits per heavy atom. The molecule has 2 unspecified atom stereocenters. The van der Waals surface area contributed by atoms with Gasteiger partial charge in [-0.05, 0) is 57.6 Å². The molecule has 2 saturated heterocycles. The highest BCUT2D eigenvalue weighted by molar-refractivity contribution is 7.09. The molecule has 7 atom stereocenters. The number of aryl methyl sites for hydroxylation is 1. The third-order valence-corrected chi connectivity index (χ3v) is 9.14. The molecule has 1 aromatic heterocycles. The second-order valence-electron chi connectivity index (χ2n) is 11.9. The molecule has 0 aromatic carbocycles. The van der Waals surface area contributed by atoms with Crippen molar-refractivity contribution < 1.29 is 29.3 Å². The fraction of sp³-hybridized carbons (Fsp3) is 0.759. The number of ketones is 1. The summed E-state index contributed by atoms with van der Waals surface area (Å²) in [6.07, 6.45) is 3.32. The Balaban J connectivity index is 1.88. The fourth-order valence-corrected chi connectivity index (χ4v) is 6.04. The van der Waals surface area contributed by atoms with Gasteiger partial charge in [-0.2, -0.15) is 0 Å². The van der Waals surface area contributed by atoms with Gasteiger partial charge in [0, 0.05) is 17.7 Å². The van der Waals surface area contributed by atoms with Crippen LogP contribution in [0.15, 0.2) is 11.0 Å². The molecule has 0 bridgehead atoms. The van der Waals surface area contributed by atoms with Crippen LogP contribution in [0.1, 0.15) is 97.2 Å². The maximum absolute atomic E-state index is 13.6. The van der Waals surface area contributed by atoms with Crippen molar-refractivity contribution in [1.29, 1.82) is 0 Å². The van der Waals surface area contributed by atoms with Gasteiger partial charge < -0.3 is 19.7 Å². The van der Waals surface area contributed by atoms with Gasteiger partial charge in [0.1, 0.15) is 11.9 Å². The zero-order chi connectivity index (χ0) is 27.5. The predicted octanol–water partition coefficient (Wildman–Crippen LogP) is 5.26. The molecule has 0 radical (unpaired) electrons. The summed E-state index contributed by atoms with van der Waals surface area (Å²) in [5.74, 6) is -1.42. The summed E-state index contributed by atoms with van der Waals surface area (Å²) in [5.41, 5.74) is 0.184. The number of fused-ring (bicyclic) bond motifs is 1. The lowest BCUT2D eigenvalue weighted by Gasteiger charge is -2.36. The van der Waals surface area contributed by atoms with Gasteiger partial charge in [-0.15, -0.1) is 11.3 Å². The molecule has 208 valence electrons. The maximum atomic E-state index is 13.6. The number of carbonyl (C=O) groups is 2. The van der Waals surface area contributed by atoms with Crippen molar-refractivity contribution in [1.82, 2.24) is 4.98 Å². The Labute approximate surface area is 225 Å². The van der Waals surface area contributed by atoms with Crippen LogP contribution >= 0.6 is 11.3 Å². The van der Waals surface area contributed by atoms with E-state index in [-0.39, 0.29) is 29.8 Å². The summed E-state index contributed by atoms with van der Waals surface area (Å²) >= 11 is 1.56. The summed E-state index contributed by atoms with van der Waals surface area (Å²) < 4.78 is 12.0. The van der Waals surface area contributed by atoms with E-state index in [1.54, 1.807) is 25.2 Å². The van der Waals surface area contributed by atoms with Crippen LogP contribution in [0.3, 0.4) is 0 Å². The number of esters is 1. The normalized spacial score (nSPS) is 36.1. The van der Waals surface area contributed by atoms with Gasteiger partial charge in [0.2, 0.25) is 0 Å². The maximum Gasteiger partial charge on any atom is 0.309 e. The molecule has 0 saturated carbocycles. The topological polar surface area (TPSA) is 109 Å². The van der Waals surface area contributed by atoms with Crippen molar-refractivity contribution in [3.8, 4) is 0 Å². The largest absolute Gasteiger partial charge is 0.458 e. The minimum absolute atomic E-state index is 0.0465. The van der Waals surface area contributed by atoms with E-state index >= 15 is 0 Å². The first kappa shape index (κ1) is 29.9. The number of epoxide rings is 1. The van der Waals surface area contributed by atoms with Crippen LogP contribution in [-0.2, 0) is 19.1 Å². The van der Waals surface area contributed by atoms with Gasteiger partial charge in [0.15, 0.2) is 0 Å². The third-order valence-electron chi connectivity index (χ3n) is 8.35. The number of cyclic esters (lactones) is 1. The van der Waals surface area contributed by atoms with E-state index in [2.05, 4.69) is 11.9 Å². The number of aliphatic hydroxyl groups is 2. The number of thiazole rings is 1. The monoisotopic (exact) mass is 535 g/mol. The summed E-state index contributed by atoms with van der Waals surface area (Å²) in [5, 5.41) is 25.1. The highest BCUT2D eigenvalue weighted by Gasteiger charge is 2.53. The molecule has 1 aromatic rings. The molecule has 2 aliphatic heterocycles. The number of rotatable bonds is 4.